The van der Waals surface area contributed by atoms with E-state index in [4.69, 9.17) is 22.3 Å². The summed E-state index contributed by atoms with van der Waals surface area (Å²) in [5.74, 6) is -5.28. The molecule has 3 amide bonds. The number of nitrogens with zero attached hydrogens (tertiary/aromatic N) is 1. The molecule has 0 heterocycles. The van der Waals surface area contributed by atoms with E-state index in [-0.39, 0.29) is 31.3 Å². The lowest BCUT2D eigenvalue weighted by atomic mass is 9.99. The number of nitrogens with two attached hydrogens (primary N) is 3. The Labute approximate surface area is 185 Å². The van der Waals surface area contributed by atoms with Gasteiger partial charge >= 0.3 is 11.9 Å². The predicted molar refractivity (Wildman–Crippen MR) is 114 cm³/mol. The zero-order valence-corrected chi connectivity index (χ0v) is 18.2. The summed E-state index contributed by atoms with van der Waals surface area (Å²) in [6.07, 6.45) is 0.235. The highest BCUT2D eigenvalue weighted by Gasteiger charge is 2.27. The van der Waals surface area contributed by atoms with Crippen LogP contribution in [0.25, 0.3) is 0 Å². The Bertz CT molecular complexity index is 710. The summed E-state index contributed by atoms with van der Waals surface area (Å²) in [5, 5.41) is 25.0. The number of aliphatic imine (C=N–C) groups is 1. The lowest BCUT2D eigenvalue weighted by Crippen LogP contribution is -2.54. The zero-order valence-electron chi connectivity index (χ0n) is 18.2. The fraction of sp³-hybridized carbons (Fsp3) is 0.667. The molecule has 4 unspecified atom stereocenters. The van der Waals surface area contributed by atoms with Gasteiger partial charge in [-0.3, -0.25) is 24.2 Å². The van der Waals surface area contributed by atoms with Crippen LogP contribution in [0.3, 0.4) is 0 Å². The summed E-state index contributed by atoms with van der Waals surface area (Å²) >= 11 is 0. The highest BCUT2D eigenvalue weighted by atomic mass is 16.4. The van der Waals surface area contributed by atoms with Gasteiger partial charge in [-0.05, 0) is 18.8 Å². The van der Waals surface area contributed by atoms with Crippen molar-refractivity contribution >= 4 is 35.6 Å². The highest BCUT2D eigenvalue weighted by molar-refractivity contribution is 5.93. The molecule has 0 fully saturated rings. The van der Waals surface area contributed by atoms with E-state index in [0.717, 1.165) is 0 Å². The summed E-state index contributed by atoms with van der Waals surface area (Å²) in [6, 6.07) is -3.64. The minimum Gasteiger partial charge on any atom is -0.481 e. The summed E-state index contributed by atoms with van der Waals surface area (Å²) < 4.78 is 0. The van der Waals surface area contributed by atoms with Gasteiger partial charge in [0.15, 0.2) is 5.96 Å². The number of carboxylic acids is 2. The quantitative estimate of drug-likeness (QED) is 0.0702. The summed E-state index contributed by atoms with van der Waals surface area (Å²) in [7, 11) is 0. The van der Waals surface area contributed by atoms with E-state index in [9.17, 15) is 29.1 Å². The standard InChI is InChI=1S/C18H33N7O7/c1-3-9(2)14(17(31)32)25-12(26)8-23-16(30)11(5-4-6-22-18(20)21)24-15(29)10(19)7-13(27)28/h9-11,14H,3-8,19H2,1-2H3,(H,23,30)(H,24,29)(H,25,26)(H,27,28)(H,31,32)(H4,20,21,22). The maximum absolute atomic E-state index is 12.5. The van der Waals surface area contributed by atoms with Crippen LogP contribution >= 0.6 is 0 Å². The van der Waals surface area contributed by atoms with Crippen molar-refractivity contribution in [1.29, 1.82) is 0 Å². The van der Waals surface area contributed by atoms with Crippen molar-refractivity contribution in [1.82, 2.24) is 16.0 Å². The molecule has 0 aromatic carbocycles. The van der Waals surface area contributed by atoms with Gasteiger partial charge in [-0.2, -0.15) is 0 Å². The molecule has 0 bridgehead atoms. The van der Waals surface area contributed by atoms with Crippen LogP contribution in [0, 0.1) is 5.92 Å². The molecular formula is C18H33N7O7. The van der Waals surface area contributed by atoms with Gasteiger partial charge in [0.05, 0.1) is 19.0 Å². The van der Waals surface area contributed by atoms with E-state index in [1.807, 2.05) is 0 Å². The van der Waals surface area contributed by atoms with Gasteiger partial charge in [0, 0.05) is 6.54 Å². The number of nitrogens with one attached hydrogen (secondary N) is 3. The van der Waals surface area contributed by atoms with Crippen LogP contribution in [-0.4, -0.2) is 77.0 Å². The average Bonchev–Trinajstić information content (AvgIpc) is 2.70. The van der Waals surface area contributed by atoms with E-state index < -0.39 is 60.8 Å². The molecule has 182 valence electrons. The van der Waals surface area contributed by atoms with Crippen LogP contribution in [0.2, 0.25) is 0 Å². The third kappa shape index (κ3) is 11.7. The fourth-order valence-electron chi connectivity index (χ4n) is 2.53. The Morgan fingerprint density at radius 2 is 1.66 bits per heavy atom. The Kier molecular flexibility index (Phi) is 13.0. The van der Waals surface area contributed by atoms with Crippen molar-refractivity contribution in [2.75, 3.05) is 13.1 Å². The van der Waals surface area contributed by atoms with Crippen molar-refractivity contribution in [3.8, 4) is 0 Å². The van der Waals surface area contributed by atoms with Crippen LogP contribution in [-0.2, 0) is 24.0 Å². The SMILES string of the molecule is CCC(C)C(NC(=O)CNC(=O)C(CCCN=C(N)N)NC(=O)C(N)CC(=O)O)C(=O)O. The first-order valence-electron chi connectivity index (χ1n) is 10.0. The summed E-state index contributed by atoms with van der Waals surface area (Å²) in [6.45, 7) is 3.08. The molecule has 0 spiro atoms. The average molecular weight is 460 g/mol. The summed E-state index contributed by atoms with van der Waals surface area (Å²) in [4.78, 5) is 62.5. The van der Waals surface area contributed by atoms with E-state index in [2.05, 4.69) is 20.9 Å². The van der Waals surface area contributed by atoms with Crippen LogP contribution in [0.4, 0.5) is 0 Å². The minimum atomic E-state index is -1.38. The Balaban J connectivity index is 5.03. The molecule has 11 N–H and O–H groups in total. The second kappa shape index (κ2) is 14.6. The van der Waals surface area contributed by atoms with Crippen LogP contribution < -0.4 is 33.2 Å². The normalized spacial score (nSPS) is 14.2. The minimum absolute atomic E-state index is 0.0698. The predicted octanol–water partition coefficient (Wildman–Crippen LogP) is -2.94. The monoisotopic (exact) mass is 459 g/mol. The number of carbonyl (C=O) groups excluding carboxylic acids is 3. The number of amides is 3. The van der Waals surface area contributed by atoms with Crippen molar-refractivity contribution in [2.45, 2.75) is 57.7 Å². The highest BCUT2D eigenvalue weighted by Crippen LogP contribution is 2.07. The molecule has 0 aliphatic carbocycles. The van der Waals surface area contributed by atoms with Gasteiger partial charge in [0.1, 0.15) is 12.1 Å². The largest absolute Gasteiger partial charge is 0.481 e. The summed E-state index contributed by atoms with van der Waals surface area (Å²) in [5.41, 5.74) is 16.0. The third-order valence-corrected chi connectivity index (χ3v) is 4.53. The topological polar surface area (TPSA) is 252 Å². The zero-order chi connectivity index (χ0) is 24.8. The Morgan fingerprint density at radius 1 is 1.03 bits per heavy atom. The van der Waals surface area contributed by atoms with Gasteiger partial charge in [-0.1, -0.05) is 20.3 Å². The second-order valence-electron chi connectivity index (χ2n) is 7.20. The number of aliphatic carboxylic acids is 2. The molecule has 0 aliphatic heterocycles. The molecule has 14 nitrogen and oxygen atoms in total. The number of hydrogen-bond acceptors (Lipinski definition) is 7. The molecule has 0 rings (SSSR count). The van der Waals surface area contributed by atoms with Crippen LogP contribution in [0.15, 0.2) is 4.99 Å². The maximum Gasteiger partial charge on any atom is 0.326 e. The first kappa shape index (κ1) is 28.6. The Morgan fingerprint density at radius 3 is 2.16 bits per heavy atom. The van der Waals surface area contributed by atoms with Gasteiger partial charge in [0.25, 0.3) is 0 Å². The first-order chi connectivity index (χ1) is 14.9. The molecule has 0 saturated carbocycles. The van der Waals surface area contributed by atoms with Crippen molar-refractivity contribution in [2.24, 2.45) is 28.1 Å². The van der Waals surface area contributed by atoms with Crippen molar-refractivity contribution < 1.29 is 34.2 Å². The van der Waals surface area contributed by atoms with Gasteiger partial charge in [-0.25, -0.2) is 4.79 Å². The van der Waals surface area contributed by atoms with Crippen LogP contribution in [0.1, 0.15) is 39.5 Å². The number of carbonyl (C=O) groups is 5. The second-order valence-corrected chi connectivity index (χ2v) is 7.20. The molecule has 0 radical (unpaired) electrons. The van der Waals surface area contributed by atoms with Crippen molar-refractivity contribution in [3.05, 3.63) is 0 Å². The number of rotatable bonds is 15. The number of carboxylic acid groups (broad SMARTS) is 2. The molecule has 32 heavy (non-hydrogen) atoms. The van der Waals surface area contributed by atoms with E-state index >= 15 is 0 Å². The van der Waals surface area contributed by atoms with Crippen LogP contribution in [0.5, 0.6) is 0 Å². The first-order valence-corrected chi connectivity index (χ1v) is 10.0. The lowest BCUT2D eigenvalue weighted by Gasteiger charge is -2.22. The molecule has 0 aliphatic rings. The molecular weight excluding hydrogens is 426 g/mol. The molecule has 4 atom stereocenters. The smallest absolute Gasteiger partial charge is 0.326 e. The molecule has 0 aromatic rings. The molecule has 0 saturated heterocycles. The maximum atomic E-state index is 12.5. The molecule has 0 aromatic heterocycles. The molecule has 14 heteroatoms. The lowest BCUT2D eigenvalue weighted by molar-refractivity contribution is -0.143. The number of hydrogen-bond donors (Lipinski definition) is 8. The fourth-order valence-corrected chi connectivity index (χ4v) is 2.53. The van der Waals surface area contributed by atoms with Gasteiger partial charge in [-0.15, -0.1) is 0 Å². The van der Waals surface area contributed by atoms with Crippen molar-refractivity contribution in [3.63, 3.8) is 0 Å². The van der Waals surface area contributed by atoms with E-state index in [0.29, 0.717) is 6.42 Å². The number of guanidine groups is 1. The van der Waals surface area contributed by atoms with E-state index in [1.165, 1.54) is 0 Å². The van der Waals surface area contributed by atoms with Gasteiger partial charge < -0.3 is 43.4 Å². The van der Waals surface area contributed by atoms with E-state index in [1.54, 1.807) is 13.8 Å². The van der Waals surface area contributed by atoms with Gasteiger partial charge in [0.2, 0.25) is 17.7 Å². The Hall–Kier alpha value is -3.42. The third-order valence-electron chi connectivity index (χ3n) is 4.53.